The van der Waals surface area contributed by atoms with Gasteiger partial charge in [0.15, 0.2) is 0 Å². The number of halogens is 5. The monoisotopic (exact) mass is 429 g/mol. The van der Waals surface area contributed by atoms with E-state index >= 15 is 0 Å². The molecule has 0 N–H and O–H groups in total. The van der Waals surface area contributed by atoms with Gasteiger partial charge in [-0.2, -0.15) is 0 Å². The van der Waals surface area contributed by atoms with Crippen LogP contribution in [-0.4, -0.2) is 7.25 Å². The lowest BCUT2D eigenvalue weighted by Gasteiger charge is -2.24. The summed E-state index contributed by atoms with van der Waals surface area (Å²) in [4.78, 5) is 0. The summed E-state index contributed by atoms with van der Waals surface area (Å²) in [5, 5.41) is 0.734. The summed E-state index contributed by atoms with van der Waals surface area (Å²) in [5.74, 6) is 0. The van der Waals surface area contributed by atoms with Gasteiger partial charge >= 0.3 is 13.6 Å². The maximum Gasteiger partial charge on any atom is 0.673 e. The lowest BCUT2D eigenvalue weighted by atomic mass is 9.80. The SMILES string of the molecule is CC(C)(C)c1cc(C(C)(C)C)c2oc[n+](-c3ccc(Cl)cc3)c2c1.F[B-](F)(F)F. The van der Waals surface area contributed by atoms with Crippen LogP contribution in [0.1, 0.15) is 52.7 Å². The molecule has 0 radical (unpaired) electrons. The van der Waals surface area contributed by atoms with E-state index in [4.69, 9.17) is 16.0 Å². The Balaban J connectivity index is 0.000000537. The molecule has 158 valence electrons. The fourth-order valence-electron chi connectivity index (χ4n) is 2.87. The van der Waals surface area contributed by atoms with Crippen molar-refractivity contribution in [2.45, 2.75) is 52.4 Å². The average molecular weight is 430 g/mol. The molecule has 8 heteroatoms. The van der Waals surface area contributed by atoms with Gasteiger partial charge in [0.25, 0.3) is 5.52 Å². The van der Waals surface area contributed by atoms with Crippen molar-refractivity contribution in [3.05, 3.63) is 58.9 Å². The number of aromatic nitrogens is 1. The lowest BCUT2D eigenvalue weighted by Crippen LogP contribution is -2.29. The molecule has 29 heavy (non-hydrogen) atoms. The van der Waals surface area contributed by atoms with Crippen molar-refractivity contribution in [1.82, 2.24) is 0 Å². The lowest BCUT2D eigenvalue weighted by molar-refractivity contribution is -0.573. The molecule has 2 nitrogen and oxygen atoms in total. The van der Waals surface area contributed by atoms with Crippen molar-refractivity contribution in [3.63, 3.8) is 0 Å². The second-order valence-corrected chi connectivity index (χ2v) is 9.37. The molecule has 3 aromatic rings. The molecular formula is C21H25BClF4NO. The molecule has 0 saturated carbocycles. The zero-order valence-electron chi connectivity index (χ0n) is 17.4. The number of hydrogen-bond donors (Lipinski definition) is 0. The predicted molar refractivity (Wildman–Crippen MR) is 110 cm³/mol. The molecule has 1 aromatic heterocycles. The second-order valence-electron chi connectivity index (χ2n) is 8.94. The molecule has 0 spiro atoms. The second kappa shape index (κ2) is 8.02. The molecule has 0 aliphatic heterocycles. The Morgan fingerprint density at radius 1 is 0.862 bits per heavy atom. The van der Waals surface area contributed by atoms with Crippen molar-refractivity contribution in [3.8, 4) is 5.69 Å². The van der Waals surface area contributed by atoms with E-state index in [9.17, 15) is 17.3 Å². The van der Waals surface area contributed by atoms with E-state index in [0.29, 0.717) is 0 Å². The van der Waals surface area contributed by atoms with Crippen LogP contribution in [0.25, 0.3) is 16.8 Å². The van der Waals surface area contributed by atoms with Gasteiger partial charge in [0, 0.05) is 28.8 Å². The number of benzene rings is 2. The highest BCUT2D eigenvalue weighted by Crippen LogP contribution is 2.34. The van der Waals surface area contributed by atoms with Gasteiger partial charge in [-0.25, -0.2) is 0 Å². The summed E-state index contributed by atoms with van der Waals surface area (Å²) in [6, 6.07) is 12.4. The Kier molecular flexibility index (Phi) is 6.43. The zero-order valence-corrected chi connectivity index (χ0v) is 18.1. The van der Waals surface area contributed by atoms with E-state index in [2.05, 4.69) is 58.2 Å². The predicted octanol–water partition coefficient (Wildman–Crippen LogP) is 7.26. The molecule has 0 aliphatic rings. The van der Waals surface area contributed by atoms with Gasteiger partial charge in [0.1, 0.15) is 0 Å². The molecule has 0 bridgehead atoms. The quantitative estimate of drug-likeness (QED) is 0.226. The van der Waals surface area contributed by atoms with Crippen LogP contribution in [-0.2, 0) is 10.8 Å². The number of oxazole rings is 1. The Labute approximate surface area is 173 Å². The smallest absolute Gasteiger partial charge is 0.418 e. The molecule has 0 saturated heterocycles. The molecule has 2 aromatic carbocycles. The first-order chi connectivity index (χ1) is 13.1. The van der Waals surface area contributed by atoms with Gasteiger partial charge in [-0.3, -0.25) is 0 Å². The standard InChI is InChI=1S/C21H25ClNO.BF4/c1-20(2,3)14-11-17(21(4,5)6)19-18(12-14)23(13-24-19)16-9-7-15(22)8-10-16;2-1(3,4)5/h7-13H,1-6H3;/q+1;-1. The number of fused-ring (bicyclic) bond motifs is 1. The minimum Gasteiger partial charge on any atom is -0.418 e. The van der Waals surface area contributed by atoms with E-state index in [1.54, 1.807) is 6.39 Å². The third kappa shape index (κ3) is 6.23. The van der Waals surface area contributed by atoms with Crippen LogP contribution in [0.3, 0.4) is 0 Å². The van der Waals surface area contributed by atoms with Crippen molar-refractivity contribution >= 4 is 30.0 Å². The largest absolute Gasteiger partial charge is 0.673 e. The minimum atomic E-state index is -6.00. The van der Waals surface area contributed by atoms with Crippen molar-refractivity contribution in [1.29, 1.82) is 0 Å². The van der Waals surface area contributed by atoms with Gasteiger partial charge in [-0.05, 0) is 28.5 Å². The van der Waals surface area contributed by atoms with Gasteiger partial charge in [0.05, 0.1) is 0 Å². The third-order valence-electron chi connectivity index (χ3n) is 4.38. The van der Waals surface area contributed by atoms with E-state index < -0.39 is 7.25 Å². The molecule has 0 amide bonds. The van der Waals surface area contributed by atoms with E-state index in [0.717, 1.165) is 21.8 Å². The van der Waals surface area contributed by atoms with Crippen molar-refractivity contribution < 1.29 is 26.2 Å². The third-order valence-corrected chi connectivity index (χ3v) is 4.64. The fourth-order valence-corrected chi connectivity index (χ4v) is 3.00. The summed E-state index contributed by atoms with van der Waals surface area (Å²) in [5.41, 5.74) is 5.71. The number of hydrogen-bond acceptors (Lipinski definition) is 1. The van der Waals surface area contributed by atoms with Crippen LogP contribution in [0.2, 0.25) is 5.02 Å². The topological polar surface area (TPSA) is 17.0 Å². The minimum absolute atomic E-state index is 0.00912. The Morgan fingerprint density at radius 2 is 1.38 bits per heavy atom. The highest BCUT2D eigenvalue weighted by Gasteiger charge is 2.29. The molecule has 0 unspecified atom stereocenters. The Morgan fingerprint density at radius 3 is 1.83 bits per heavy atom. The first-order valence-corrected chi connectivity index (χ1v) is 9.56. The maximum atomic E-state index is 9.75. The molecule has 1 heterocycles. The molecule has 3 rings (SSSR count). The maximum absolute atomic E-state index is 9.75. The van der Waals surface area contributed by atoms with Crippen LogP contribution < -0.4 is 4.57 Å². The summed E-state index contributed by atoms with van der Waals surface area (Å²) in [6.45, 7) is 13.4. The van der Waals surface area contributed by atoms with Gasteiger partial charge in [-0.1, -0.05) is 59.2 Å². The van der Waals surface area contributed by atoms with E-state index in [-0.39, 0.29) is 10.8 Å². The number of nitrogens with zero attached hydrogens (tertiary/aromatic N) is 1. The van der Waals surface area contributed by atoms with Gasteiger partial charge in [0.2, 0.25) is 11.3 Å². The molecular weight excluding hydrogens is 404 g/mol. The molecule has 0 fully saturated rings. The summed E-state index contributed by atoms with van der Waals surface area (Å²) in [7, 11) is -6.00. The van der Waals surface area contributed by atoms with E-state index in [1.807, 2.05) is 24.3 Å². The van der Waals surface area contributed by atoms with Crippen LogP contribution >= 0.6 is 11.6 Å². The van der Waals surface area contributed by atoms with Crippen molar-refractivity contribution in [2.24, 2.45) is 0 Å². The molecule has 0 atom stereocenters. The highest BCUT2D eigenvalue weighted by atomic mass is 35.5. The normalized spacial score (nSPS) is 12.7. The molecule has 0 aliphatic carbocycles. The number of rotatable bonds is 1. The van der Waals surface area contributed by atoms with E-state index in [1.165, 1.54) is 11.1 Å². The van der Waals surface area contributed by atoms with Crippen LogP contribution in [0.15, 0.2) is 47.2 Å². The zero-order chi connectivity index (χ0) is 22.2. The van der Waals surface area contributed by atoms with Gasteiger partial charge in [-0.15, -0.1) is 4.57 Å². The van der Waals surface area contributed by atoms with Crippen molar-refractivity contribution in [2.75, 3.05) is 0 Å². The first kappa shape index (κ1) is 23.3. The first-order valence-electron chi connectivity index (χ1n) is 9.18. The average Bonchev–Trinajstić information content (AvgIpc) is 2.95. The highest BCUT2D eigenvalue weighted by molar-refractivity contribution is 6.50. The Hall–Kier alpha value is -2.02. The van der Waals surface area contributed by atoms with Crippen LogP contribution in [0, 0.1) is 0 Å². The van der Waals surface area contributed by atoms with Gasteiger partial charge < -0.3 is 21.7 Å². The van der Waals surface area contributed by atoms with Crippen LogP contribution in [0.5, 0.6) is 0 Å². The summed E-state index contributed by atoms with van der Waals surface area (Å²) >= 11 is 6.03. The summed E-state index contributed by atoms with van der Waals surface area (Å²) in [6.07, 6.45) is 1.79. The fraction of sp³-hybridized carbons (Fsp3) is 0.381. The summed E-state index contributed by atoms with van der Waals surface area (Å²) < 4.78 is 47.1. The van der Waals surface area contributed by atoms with Crippen LogP contribution in [0.4, 0.5) is 17.3 Å². The Bertz CT molecular complexity index is 977.